The number of hydrogen-bond acceptors (Lipinski definition) is 4. The third-order valence-corrected chi connectivity index (χ3v) is 10.2. The van der Waals surface area contributed by atoms with E-state index in [0.29, 0.717) is 12.1 Å². The summed E-state index contributed by atoms with van der Waals surface area (Å²) in [6.45, 7) is 3.40. The Balaban J connectivity index is 1.86. The molecule has 1 unspecified atom stereocenters. The largest absolute Gasteiger partial charge is 0.354 e. The van der Waals surface area contributed by atoms with E-state index in [1.807, 2.05) is 44.2 Å². The van der Waals surface area contributed by atoms with Gasteiger partial charge in [0.25, 0.3) is 10.0 Å². The van der Waals surface area contributed by atoms with Gasteiger partial charge in [-0.15, -0.1) is 0 Å². The predicted molar refractivity (Wildman–Crippen MR) is 186 cm³/mol. The molecule has 0 aliphatic rings. The van der Waals surface area contributed by atoms with E-state index in [2.05, 4.69) is 5.32 Å². The van der Waals surface area contributed by atoms with Gasteiger partial charge in [-0.2, -0.15) is 0 Å². The molecule has 0 heterocycles. The van der Waals surface area contributed by atoms with Crippen LogP contribution in [0.25, 0.3) is 0 Å². The van der Waals surface area contributed by atoms with Crippen LogP contribution in [0.2, 0.25) is 20.1 Å². The maximum atomic E-state index is 14.6. The molecule has 1 atom stereocenters. The number of anilines is 1. The Bertz CT molecular complexity index is 1750. The molecule has 0 radical (unpaired) electrons. The van der Waals surface area contributed by atoms with Crippen molar-refractivity contribution in [1.82, 2.24) is 10.2 Å². The van der Waals surface area contributed by atoms with Crippen LogP contribution in [0.15, 0.2) is 102 Å². The van der Waals surface area contributed by atoms with Gasteiger partial charge in [0.15, 0.2) is 0 Å². The Morgan fingerprint density at radius 1 is 0.783 bits per heavy atom. The van der Waals surface area contributed by atoms with Crippen molar-refractivity contribution in [3.63, 3.8) is 0 Å². The lowest BCUT2D eigenvalue weighted by Crippen LogP contribution is -2.53. The lowest BCUT2D eigenvalue weighted by molar-refractivity contribution is -0.140. The van der Waals surface area contributed by atoms with E-state index in [4.69, 9.17) is 46.4 Å². The molecule has 4 rings (SSSR count). The highest BCUT2D eigenvalue weighted by molar-refractivity contribution is 7.92. The highest BCUT2D eigenvalue weighted by atomic mass is 35.5. The summed E-state index contributed by atoms with van der Waals surface area (Å²) >= 11 is 25.9. The maximum absolute atomic E-state index is 14.6. The van der Waals surface area contributed by atoms with Crippen molar-refractivity contribution in [3.05, 3.63) is 128 Å². The second kappa shape index (κ2) is 16.0. The highest BCUT2D eigenvalue weighted by Crippen LogP contribution is 2.34. The summed E-state index contributed by atoms with van der Waals surface area (Å²) in [7, 11) is -4.35. The smallest absolute Gasteiger partial charge is 0.264 e. The SMILES string of the molecule is CC(C)CNC(=O)C(Cc1ccccc1)N(Cc1c(Cl)cccc1Cl)C(=O)CN(c1cc(Cl)ccc1Cl)S(=O)(=O)c1ccccc1. The van der Waals surface area contributed by atoms with Gasteiger partial charge in [-0.05, 0) is 53.9 Å². The molecular weight excluding hydrogens is 688 g/mol. The van der Waals surface area contributed by atoms with E-state index in [0.717, 1.165) is 9.87 Å². The maximum Gasteiger partial charge on any atom is 0.264 e. The quantitative estimate of drug-likeness (QED) is 0.152. The van der Waals surface area contributed by atoms with Crippen molar-refractivity contribution >= 4 is 73.9 Å². The zero-order valence-corrected chi connectivity index (χ0v) is 29.0. The minimum absolute atomic E-state index is 0.00552. The molecule has 12 heteroatoms. The van der Waals surface area contributed by atoms with Crippen LogP contribution in [-0.2, 0) is 32.6 Å². The summed E-state index contributed by atoms with van der Waals surface area (Å²) in [4.78, 5) is 29.7. The van der Waals surface area contributed by atoms with Crippen LogP contribution in [0.1, 0.15) is 25.0 Å². The van der Waals surface area contributed by atoms with E-state index in [9.17, 15) is 18.0 Å². The van der Waals surface area contributed by atoms with Gasteiger partial charge in [0, 0.05) is 40.1 Å². The molecule has 0 spiro atoms. The fourth-order valence-electron chi connectivity index (χ4n) is 4.74. The lowest BCUT2D eigenvalue weighted by Gasteiger charge is -2.34. The molecule has 7 nitrogen and oxygen atoms in total. The Kier molecular flexibility index (Phi) is 12.4. The zero-order chi connectivity index (χ0) is 33.4. The molecule has 2 amide bonds. The highest BCUT2D eigenvalue weighted by Gasteiger charge is 2.36. The summed E-state index contributed by atoms with van der Waals surface area (Å²) < 4.78 is 29.2. The van der Waals surface area contributed by atoms with Crippen LogP contribution in [-0.4, -0.2) is 44.3 Å². The number of nitrogens with one attached hydrogen (secondary N) is 1. The van der Waals surface area contributed by atoms with Gasteiger partial charge >= 0.3 is 0 Å². The normalized spacial score (nSPS) is 12.1. The van der Waals surface area contributed by atoms with Crippen molar-refractivity contribution in [3.8, 4) is 0 Å². The number of benzene rings is 4. The number of carbonyl (C=O) groups is 2. The van der Waals surface area contributed by atoms with Crippen LogP contribution >= 0.6 is 46.4 Å². The van der Waals surface area contributed by atoms with Crippen LogP contribution < -0.4 is 9.62 Å². The molecule has 1 N–H and O–H groups in total. The molecule has 0 saturated carbocycles. The third-order valence-electron chi connectivity index (χ3n) is 7.13. The predicted octanol–water partition coefficient (Wildman–Crippen LogP) is 7.91. The molecule has 0 bridgehead atoms. The van der Waals surface area contributed by atoms with Crippen LogP contribution in [0.4, 0.5) is 5.69 Å². The summed E-state index contributed by atoms with van der Waals surface area (Å²) in [5.41, 5.74) is 1.21. The third kappa shape index (κ3) is 8.96. The van der Waals surface area contributed by atoms with E-state index in [1.54, 1.807) is 36.4 Å². The molecule has 242 valence electrons. The van der Waals surface area contributed by atoms with Crippen LogP contribution in [0, 0.1) is 5.92 Å². The summed E-state index contributed by atoms with van der Waals surface area (Å²) in [5, 5.41) is 3.80. The molecule has 0 saturated heterocycles. The minimum atomic E-state index is -4.35. The number of hydrogen-bond donors (Lipinski definition) is 1. The monoisotopic (exact) mass is 719 g/mol. The van der Waals surface area contributed by atoms with Gasteiger partial charge in [-0.1, -0.05) is 115 Å². The first-order valence-electron chi connectivity index (χ1n) is 14.4. The van der Waals surface area contributed by atoms with Crippen LogP contribution in [0.3, 0.4) is 0 Å². The Labute approximate surface area is 290 Å². The molecule has 0 aliphatic heterocycles. The van der Waals surface area contributed by atoms with Crippen LogP contribution in [0.5, 0.6) is 0 Å². The number of carbonyl (C=O) groups excluding carboxylic acids is 2. The summed E-state index contributed by atoms with van der Waals surface area (Å²) in [6, 6.07) is 25.1. The molecule has 0 aromatic heterocycles. The molecular formula is C34H33Cl4N3O4S. The molecule has 4 aromatic carbocycles. The van der Waals surface area contributed by atoms with Crippen molar-refractivity contribution in [2.45, 2.75) is 37.8 Å². The molecule has 0 fully saturated rings. The molecule has 0 aliphatic carbocycles. The summed E-state index contributed by atoms with van der Waals surface area (Å²) in [5.74, 6) is -0.959. The number of sulfonamides is 1. The van der Waals surface area contributed by atoms with E-state index in [1.165, 1.54) is 35.2 Å². The Hall–Kier alpha value is -3.27. The average molecular weight is 722 g/mol. The van der Waals surface area contributed by atoms with Gasteiger partial charge in [-0.25, -0.2) is 8.42 Å². The number of amides is 2. The van der Waals surface area contributed by atoms with E-state index in [-0.39, 0.29) is 49.6 Å². The fraction of sp³-hybridized carbons (Fsp3) is 0.235. The second-order valence-electron chi connectivity index (χ2n) is 11.0. The minimum Gasteiger partial charge on any atom is -0.354 e. The molecule has 46 heavy (non-hydrogen) atoms. The number of halogens is 4. The van der Waals surface area contributed by atoms with Crippen molar-refractivity contribution in [2.75, 3.05) is 17.4 Å². The van der Waals surface area contributed by atoms with Crippen molar-refractivity contribution in [1.29, 1.82) is 0 Å². The second-order valence-corrected chi connectivity index (χ2v) is 14.5. The Morgan fingerprint density at radius 2 is 1.39 bits per heavy atom. The van der Waals surface area contributed by atoms with Gasteiger partial charge in [0.1, 0.15) is 12.6 Å². The Morgan fingerprint density at radius 3 is 2.00 bits per heavy atom. The van der Waals surface area contributed by atoms with Gasteiger partial charge in [0.05, 0.1) is 15.6 Å². The van der Waals surface area contributed by atoms with Crippen molar-refractivity contribution in [2.24, 2.45) is 5.92 Å². The van der Waals surface area contributed by atoms with Gasteiger partial charge < -0.3 is 10.2 Å². The average Bonchev–Trinajstić information content (AvgIpc) is 3.03. The standard InChI is InChI=1S/C34H33Cl4N3O4S/c1-23(2)20-39-34(43)32(18-24-10-5-3-6-11-24)40(21-27-28(36)14-9-15-29(27)37)33(42)22-41(31-19-25(35)16-17-30(31)38)46(44,45)26-12-7-4-8-13-26/h3-17,19,23,32H,18,20-22H2,1-2H3,(H,39,43). The first-order valence-corrected chi connectivity index (χ1v) is 17.4. The number of rotatable bonds is 13. The lowest BCUT2D eigenvalue weighted by atomic mass is 10.0. The first kappa shape index (κ1) is 35.6. The van der Waals surface area contributed by atoms with E-state index >= 15 is 0 Å². The molecule has 4 aromatic rings. The van der Waals surface area contributed by atoms with Gasteiger partial charge in [0.2, 0.25) is 11.8 Å². The topological polar surface area (TPSA) is 86.8 Å². The van der Waals surface area contributed by atoms with Gasteiger partial charge in [-0.3, -0.25) is 13.9 Å². The van der Waals surface area contributed by atoms with E-state index < -0.39 is 34.4 Å². The first-order chi connectivity index (χ1) is 21.9. The fourth-order valence-corrected chi connectivity index (χ4v) is 7.14. The number of nitrogens with zero attached hydrogens (tertiary/aromatic N) is 2. The summed E-state index contributed by atoms with van der Waals surface area (Å²) in [6.07, 6.45) is 0.141. The van der Waals surface area contributed by atoms with Crippen molar-refractivity contribution < 1.29 is 18.0 Å². The zero-order valence-electron chi connectivity index (χ0n) is 25.2.